The monoisotopic (exact) mass is 325 g/mol. The highest BCUT2D eigenvalue weighted by atomic mass is 16.5. The molecule has 1 heterocycles. The summed E-state index contributed by atoms with van der Waals surface area (Å²) in [6.45, 7) is 6.36. The zero-order chi connectivity index (χ0) is 16.9. The Hall–Kier alpha value is -2.17. The summed E-state index contributed by atoms with van der Waals surface area (Å²) in [6.07, 6.45) is 0.404. The highest BCUT2D eigenvalue weighted by Gasteiger charge is 2.27. The second-order valence-electron chi connectivity index (χ2n) is 6.55. The van der Waals surface area contributed by atoms with Crippen molar-refractivity contribution in [3.8, 4) is 11.1 Å². The van der Waals surface area contributed by atoms with Crippen molar-refractivity contribution in [1.29, 1.82) is 0 Å². The summed E-state index contributed by atoms with van der Waals surface area (Å²) in [4.78, 5) is 13.8. The van der Waals surface area contributed by atoms with Crippen LogP contribution in [-0.4, -0.2) is 37.7 Å². The summed E-state index contributed by atoms with van der Waals surface area (Å²) in [6, 6.07) is 18.1. The largest absolute Gasteiger partial charge is 0.364 e. The molecule has 0 radical (unpaired) electrons. The lowest BCUT2D eigenvalue weighted by atomic mass is 10.0. The number of nitrogens with one attached hydrogen (secondary N) is 2. The Labute approximate surface area is 143 Å². The molecule has 0 saturated carbocycles. The summed E-state index contributed by atoms with van der Waals surface area (Å²) in [5.41, 5.74) is 3.02. The molecule has 2 aromatic carbocycles. The van der Waals surface area contributed by atoms with Gasteiger partial charge in [-0.2, -0.15) is 0 Å². The molecular formula is C20H25N2O2+. The number of quaternary nitrogens is 1. The van der Waals surface area contributed by atoms with Crippen LogP contribution in [0.15, 0.2) is 54.6 Å². The third-order valence-corrected chi connectivity index (χ3v) is 4.31. The Morgan fingerprint density at radius 2 is 1.67 bits per heavy atom. The number of ether oxygens (including phenoxy) is 1. The molecule has 24 heavy (non-hydrogen) atoms. The standard InChI is InChI=1S/C20H24N2O2/c1-15-12-22(13-16(2)24-15)14-20(23)21-19-11-7-6-10-18(19)17-8-4-3-5-9-17/h3-11,15-16H,12-14H2,1-2H3,(H,21,23)/p+1/t15-,16-/m0/s1. The van der Waals surface area contributed by atoms with E-state index < -0.39 is 0 Å². The molecule has 0 aromatic heterocycles. The zero-order valence-corrected chi connectivity index (χ0v) is 14.3. The van der Waals surface area contributed by atoms with Gasteiger partial charge in [0.25, 0.3) is 5.91 Å². The molecule has 1 fully saturated rings. The number of rotatable bonds is 4. The van der Waals surface area contributed by atoms with Gasteiger partial charge in [-0.1, -0.05) is 48.5 Å². The Kier molecular flexibility index (Phi) is 5.28. The van der Waals surface area contributed by atoms with Gasteiger partial charge in [0.15, 0.2) is 6.54 Å². The summed E-state index contributed by atoms with van der Waals surface area (Å²) in [7, 11) is 0. The van der Waals surface area contributed by atoms with Crippen molar-refractivity contribution in [2.24, 2.45) is 0 Å². The van der Waals surface area contributed by atoms with E-state index >= 15 is 0 Å². The Morgan fingerprint density at radius 3 is 2.38 bits per heavy atom. The van der Waals surface area contributed by atoms with Gasteiger partial charge < -0.3 is 15.0 Å². The Bertz CT molecular complexity index is 677. The molecule has 2 aromatic rings. The van der Waals surface area contributed by atoms with E-state index in [2.05, 4.69) is 31.3 Å². The quantitative estimate of drug-likeness (QED) is 0.903. The van der Waals surface area contributed by atoms with Gasteiger partial charge in [-0.25, -0.2) is 0 Å². The molecular weight excluding hydrogens is 300 g/mol. The number of morpholine rings is 1. The molecule has 1 aliphatic heterocycles. The van der Waals surface area contributed by atoms with E-state index in [1.807, 2.05) is 42.5 Å². The van der Waals surface area contributed by atoms with E-state index in [1.54, 1.807) is 0 Å². The molecule has 3 rings (SSSR count). The lowest BCUT2D eigenvalue weighted by Crippen LogP contribution is -3.16. The third-order valence-electron chi connectivity index (χ3n) is 4.31. The summed E-state index contributed by atoms with van der Waals surface area (Å²) in [5, 5.41) is 3.09. The van der Waals surface area contributed by atoms with Crippen LogP contribution in [0.4, 0.5) is 5.69 Å². The number of amides is 1. The normalized spacial score (nSPS) is 23.7. The number of hydrogen-bond donors (Lipinski definition) is 2. The fourth-order valence-electron chi connectivity index (χ4n) is 3.42. The molecule has 0 bridgehead atoms. The van der Waals surface area contributed by atoms with Gasteiger partial charge in [0.2, 0.25) is 0 Å². The second-order valence-corrected chi connectivity index (χ2v) is 6.55. The highest BCUT2D eigenvalue weighted by molar-refractivity contribution is 5.96. The van der Waals surface area contributed by atoms with Crippen LogP contribution >= 0.6 is 0 Å². The van der Waals surface area contributed by atoms with Gasteiger partial charge in [-0.3, -0.25) is 4.79 Å². The highest BCUT2D eigenvalue weighted by Crippen LogP contribution is 2.27. The maximum Gasteiger partial charge on any atom is 0.279 e. The number of anilines is 1. The van der Waals surface area contributed by atoms with E-state index in [-0.39, 0.29) is 18.1 Å². The van der Waals surface area contributed by atoms with Crippen LogP contribution in [0.3, 0.4) is 0 Å². The number of carbonyl (C=O) groups is 1. The minimum absolute atomic E-state index is 0.0506. The van der Waals surface area contributed by atoms with Gasteiger partial charge in [0.05, 0.1) is 0 Å². The van der Waals surface area contributed by atoms with Gasteiger partial charge in [-0.05, 0) is 25.5 Å². The molecule has 2 N–H and O–H groups in total. The topological polar surface area (TPSA) is 42.8 Å². The molecule has 2 atom stereocenters. The van der Waals surface area contributed by atoms with Crippen LogP contribution in [0.25, 0.3) is 11.1 Å². The van der Waals surface area contributed by atoms with Gasteiger partial charge >= 0.3 is 0 Å². The smallest absolute Gasteiger partial charge is 0.279 e. The number of hydrogen-bond acceptors (Lipinski definition) is 2. The first-order valence-corrected chi connectivity index (χ1v) is 8.55. The second kappa shape index (κ2) is 7.60. The average molecular weight is 325 g/mol. The fourth-order valence-corrected chi connectivity index (χ4v) is 3.42. The number of carbonyl (C=O) groups excluding carboxylic acids is 1. The maximum atomic E-state index is 12.5. The summed E-state index contributed by atoms with van der Waals surface area (Å²) >= 11 is 0. The van der Waals surface area contributed by atoms with E-state index in [1.165, 1.54) is 4.90 Å². The van der Waals surface area contributed by atoms with Gasteiger partial charge in [0.1, 0.15) is 25.3 Å². The van der Waals surface area contributed by atoms with E-state index in [9.17, 15) is 4.79 Å². The molecule has 1 saturated heterocycles. The lowest BCUT2D eigenvalue weighted by Gasteiger charge is -2.32. The molecule has 4 heteroatoms. The Morgan fingerprint density at radius 1 is 1.04 bits per heavy atom. The molecule has 126 valence electrons. The molecule has 1 aliphatic rings. The predicted octanol–water partition coefficient (Wildman–Crippen LogP) is 1.98. The molecule has 4 nitrogen and oxygen atoms in total. The minimum Gasteiger partial charge on any atom is -0.364 e. The molecule has 1 amide bonds. The first-order valence-electron chi connectivity index (χ1n) is 8.55. The Balaban J connectivity index is 1.69. The number of para-hydroxylation sites is 1. The first kappa shape index (κ1) is 16.7. The van der Waals surface area contributed by atoms with Crippen molar-refractivity contribution in [1.82, 2.24) is 0 Å². The SMILES string of the molecule is C[C@H]1C[NH+](CC(=O)Nc2ccccc2-c2ccccc2)C[C@H](C)O1. The van der Waals surface area contributed by atoms with Crippen molar-refractivity contribution in [3.63, 3.8) is 0 Å². The molecule has 0 aliphatic carbocycles. The van der Waals surface area contributed by atoms with Gasteiger partial charge in [0, 0.05) is 11.3 Å². The van der Waals surface area contributed by atoms with Crippen LogP contribution in [0, 0.1) is 0 Å². The molecule has 0 spiro atoms. The number of benzene rings is 2. The van der Waals surface area contributed by atoms with Crippen molar-refractivity contribution in [2.75, 3.05) is 25.0 Å². The summed E-state index contributed by atoms with van der Waals surface area (Å²) < 4.78 is 5.74. The van der Waals surface area contributed by atoms with Crippen LogP contribution < -0.4 is 10.2 Å². The average Bonchev–Trinajstić information content (AvgIpc) is 2.55. The van der Waals surface area contributed by atoms with E-state index in [4.69, 9.17) is 4.74 Å². The fraction of sp³-hybridized carbons (Fsp3) is 0.350. The van der Waals surface area contributed by atoms with Crippen molar-refractivity contribution in [2.45, 2.75) is 26.1 Å². The summed E-state index contributed by atoms with van der Waals surface area (Å²) in [5.74, 6) is 0.0506. The van der Waals surface area contributed by atoms with E-state index in [0.29, 0.717) is 6.54 Å². The maximum absolute atomic E-state index is 12.5. The van der Waals surface area contributed by atoms with Crippen molar-refractivity contribution in [3.05, 3.63) is 54.6 Å². The van der Waals surface area contributed by atoms with Gasteiger partial charge in [-0.15, -0.1) is 0 Å². The zero-order valence-electron chi connectivity index (χ0n) is 14.3. The van der Waals surface area contributed by atoms with Crippen LogP contribution in [-0.2, 0) is 9.53 Å². The molecule has 0 unspecified atom stereocenters. The van der Waals surface area contributed by atoms with Crippen molar-refractivity contribution < 1.29 is 14.4 Å². The van der Waals surface area contributed by atoms with Crippen LogP contribution in [0.1, 0.15) is 13.8 Å². The third kappa shape index (κ3) is 4.22. The minimum atomic E-state index is 0.0506. The first-order chi connectivity index (χ1) is 11.6. The van der Waals surface area contributed by atoms with Crippen molar-refractivity contribution >= 4 is 11.6 Å². The van der Waals surface area contributed by atoms with Crippen LogP contribution in [0.2, 0.25) is 0 Å². The van der Waals surface area contributed by atoms with E-state index in [0.717, 1.165) is 29.9 Å². The van der Waals surface area contributed by atoms with Crippen LogP contribution in [0.5, 0.6) is 0 Å². The predicted molar refractivity (Wildman–Crippen MR) is 96.1 cm³/mol. The lowest BCUT2D eigenvalue weighted by molar-refractivity contribution is -0.907.